The standard InChI is InChI=1S/C16H30ClNO/c1-5-8-9-10-11-12-13-14(17)16(13,4)15(19)18(6-2)7-3/h13-14H,5-12H2,1-4H3/t13-,14-,16+/m0/s1. The maximum absolute atomic E-state index is 12.5. The molecule has 3 atom stereocenters. The zero-order valence-electron chi connectivity index (χ0n) is 13.0. The highest BCUT2D eigenvalue weighted by atomic mass is 35.5. The number of unbranched alkanes of at least 4 members (excludes halogenated alkanes) is 4. The van der Waals surface area contributed by atoms with Gasteiger partial charge in [0.1, 0.15) is 0 Å². The molecule has 1 aliphatic carbocycles. The molecular weight excluding hydrogens is 258 g/mol. The molecule has 0 saturated heterocycles. The lowest BCUT2D eigenvalue weighted by Gasteiger charge is -2.23. The molecule has 3 heteroatoms. The Labute approximate surface area is 123 Å². The molecule has 0 heterocycles. The van der Waals surface area contributed by atoms with E-state index in [9.17, 15) is 4.79 Å². The van der Waals surface area contributed by atoms with Crippen molar-refractivity contribution in [2.45, 2.75) is 71.6 Å². The highest BCUT2D eigenvalue weighted by Gasteiger charge is 2.65. The van der Waals surface area contributed by atoms with Crippen molar-refractivity contribution in [3.05, 3.63) is 0 Å². The van der Waals surface area contributed by atoms with E-state index in [1.807, 2.05) is 18.7 Å². The van der Waals surface area contributed by atoms with Gasteiger partial charge in [0.15, 0.2) is 0 Å². The molecule has 0 aromatic carbocycles. The summed E-state index contributed by atoms with van der Waals surface area (Å²) in [6.07, 6.45) is 7.53. The quantitative estimate of drug-likeness (QED) is 0.453. The summed E-state index contributed by atoms with van der Waals surface area (Å²) in [5.41, 5.74) is -0.293. The highest BCUT2D eigenvalue weighted by molar-refractivity contribution is 6.26. The first-order valence-corrected chi connectivity index (χ1v) is 8.41. The number of carbonyl (C=O) groups excluding carboxylic acids is 1. The summed E-state index contributed by atoms with van der Waals surface area (Å²) < 4.78 is 0. The Morgan fingerprint density at radius 1 is 1.11 bits per heavy atom. The van der Waals surface area contributed by atoms with Gasteiger partial charge in [-0.3, -0.25) is 4.79 Å². The minimum Gasteiger partial charge on any atom is -0.343 e. The average molecular weight is 288 g/mol. The summed E-state index contributed by atoms with van der Waals surface area (Å²) >= 11 is 6.40. The second-order valence-corrected chi connectivity index (χ2v) is 6.44. The fourth-order valence-corrected chi connectivity index (χ4v) is 3.66. The number of alkyl halides is 1. The van der Waals surface area contributed by atoms with Crippen molar-refractivity contribution >= 4 is 17.5 Å². The van der Waals surface area contributed by atoms with Crippen molar-refractivity contribution in [3.63, 3.8) is 0 Å². The Bertz CT molecular complexity index is 290. The first kappa shape index (κ1) is 16.8. The molecule has 1 aliphatic rings. The van der Waals surface area contributed by atoms with Gasteiger partial charge in [-0.05, 0) is 33.1 Å². The van der Waals surface area contributed by atoms with Gasteiger partial charge in [0.2, 0.25) is 5.91 Å². The summed E-state index contributed by atoms with van der Waals surface area (Å²) in [6.45, 7) is 9.94. The van der Waals surface area contributed by atoms with Gasteiger partial charge in [0.25, 0.3) is 0 Å². The summed E-state index contributed by atoms with van der Waals surface area (Å²) in [6, 6.07) is 0. The van der Waals surface area contributed by atoms with Crippen molar-refractivity contribution in [2.24, 2.45) is 11.3 Å². The maximum Gasteiger partial charge on any atom is 0.230 e. The number of carbonyl (C=O) groups is 1. The lowest BCUT2D eigenvalue weighted by molar-refractivity contribution is -0.136. The molecule has 1 saturated carbocycles. The van der Waals surface area contributed by atoms with Gasteiger partial charge in [-0.2, -0.15) is 0 Å². The Balaban J connectivity index is 2.40. The molecule has 1 fully saturated rings. The van der Waals surface area contributed by atoms with Crippen LogP contribution in [0.3, 0.4) is 0 Å². The van der Waals surface area contributed by atoms with Crippen molar-refractivity contribution in [1.82, 2.24) is 4.90 Å². The monoisotopic (exact) mass is 287 g/mol. The van der Waals surface area contributed by atoms with Crippen molar-refractivity contribution in [2.75, 3.05) is 13.1 Å². The topological polar surface area (TPSA) is 20.3 Å². The largest absolute Gasteiger partial charge is 0.343 e. The van der Waals surface area contributed by atoms with Crippen LogP contribution in [0.15, 0.2) is 0 Å². The smallest absolute Gasteiger partial charge is 0.230 e. The van der Waals surface area contributed by atoms with Gasteiger partial charge in [-0.15, -0.1) is 11.6 Å². The van der Waals surface area contributed by atoms with E-state index in [-0.39, 0.29) is 16.7 Å². The summed E-state index contributed by atoms with van der Waals surface area (Å²) in [7, 11) is 0. The number of hydrogen-bond acceptors (Lipinski definition) is 1. The fourth-order valence-electron chi connectivity index (χ4n) is 3.09. The molecule has 0 unspecified atom stereocenters. The van der Waals surface area contributed by atoms with E-state index in [0.717, 1.165) is 19.5 Å². The average Bonchev–Trinajstić information content (AvgIpc) is 2.94. The molecule has 1 amide bonds. The van der Waals surface area contributed by atoms with E-state index >= 15 is 0 Å². The third-order valence-electron chi connectivity index (χ3n) is 4.72. The van der Waals surface area contributed by atoms with E-state index in [1.165, 1.54) is 32.1 Å². The number of halogens is 1. The van der Waals surface area contributed by atoms with Crippen LogP contribution < -0.4 is 0 Å². The van der Waals surface area contributed by atoms with Crippen molar-refractivity contribution < 1.29 is 4.79 Å². The Hall–Kier alpha value is -0.240. The third-order valence-corrected chi connectivity index (χ3v) is 5.47. The van der Waals surface area contributed by atoms with Crippen LogP contribution in [-0.4, -0.2) is 29.3 Å². The first-order chi connectivity index (χ1) is 9.03. The van der Waals surface area contributed by atoms with Gasteiger partial charge in [0, 0.05) is 13.1 Å². The van der Waals surface area contributed by atoms with E-state index in [1.54, 1.807) is 0 Å². The van der Waals surface area contributed by atoms with E-state index < -0.39 is 0 Å². The zero-order valence-corrected chi connectivity index (χ0v) is 13.8. The lowest BCUT2D eigenvalue weighted by atomic mass is 10.00. The van der Waals surface area contributed by atoms with Gasteiger partial charge in [0.05, 0.1) is 10.8 Å². The molecule has 112 valence electrons. The Morgan fingerprint density at radius 2 is 1.68 bits per heavy atom. The molecule has 0 radical (unpaired) electrons. The zero-order chi connectivity index (χ0) is 14.5. The van der Waals surface area contributed by atoms with Gasteiger partial charge in [-0.1, -0.05) is 39.0 Å². The maximum atomic E-state index is 12.5. The third kappa shape index (κ3) is 3.65. The number of amides is 1. The Morgan fingerprint density at radius 3 is 2.21 bits per heavy atom. The molecule has 0 spiro atoms. The minimum absolute atomic E-state index is 0.0479. The fraction of sp³-hybridized carbons (Fsp3) is 0.938. The summed E-state index contributed by atoms with van der Waals surface area (Å²) in [4.78, 5) is 14.4. The molecule has 1 rings (SSSR count). The molecule has 0 bridgehead atoms. The molecule has 19 heavy (non-hydrogen) atoms. The van der Waals surface area contributed by atoms with Crippen LogP contribution >= 0.6 is 11.6 Å². The minimum atomic E-state index is -0.293. The first-order valence-electron chi connectivity index (χ1n) is 7.97. The van der Waals surface area contributed by atoms with Crippen molar-refractivity contribution in [1.29, 1.82) is 0 Å². The van der Waals surface area contributed by atoms with Gasteiger partial charge >= 0.3 is 0 Å². The Kier molecular flexibility index (Phi) is 6.65. The summed E-state index contributed by atoms with van der Waals surface area (Å²) in [5, 5.41) is 0.0479. The van der Waals surface area contributed by atoms with Crippen LogP contribution in [0, 0.1) is 11.3 Å². The van der Waals surface area contributed by atoms with E-state index in [4.69, 9.17) is 11.6 Å². The molecule has 2 nitrogen and oxygen atoms in total. The molecule has 0 aromatic heterocycles. The second-order valence-electron chi connectivity index (χ2n) is 5.97. The SMILES string of the molecule is CCCCCCC[C@H]1[C@H](Cl)[C@]1(C)C(=O)N(CC)CC. The number of nitrogens with zero attached hydrogens (tertiary/aromatic N) is 1. The lowest BCUT2D eigenvalue weighted by Crippen LogP contribution is -2.37. The predicted octanol–water partition coefficient (Wildman–Crippen LogP) is 4.46. The van der Waals surface area contributed by atoms with Gasteiger partial charge in [-0.25, -0.2) is 0 Å². The molecule has 0 N–H and O–H groups in total. The summed E-state index contributed by atoms with van der Waals surface area (Å²) in [5.74, 6) is 0.653. The van der Waals surface area contributed by atoms with E-state index in [0.29, 0.717) is 5.92 Å². The van der Waals surface area contributed by atoms with Gasteiger partial charge < -0.3 is 4.90 Å². The normalized spacial score (nSPS) is 29.3. The second kappa shape index (κ2) is 7.52. The number of hydrogen-bond donors (Lipinski definition) is 0. The van der Waals surface area contributed by atoms with Crippen LogP contribution in [0.25, 0.3) is 0 Å². The van der Waals surface area contributed by atoms with Crippen molar-refractivity contribution in [3.8, 4) is 0 Å². The number of rotatable bonds is 9. The van der Waals surface area contributed by atoms with Crippen LogP contribution in [-0.2, 0) is 4.79 Å². The molecule has 0 aromatic rings. The van der Waals surface area contributed by atoms with Crippen LogP contribution in [0.5, 0.6) is 0 Å². The van der Waals surface area contributed by atoms with Crippen LogP contribution in [0.2, 0.25) is 0 Å². The van der Waals surface area contributed by atoms with E-state index in [2.05, 4.69) is 13.8 Å². The predicted molar refractivity (Wildman–Crippen MR) is 82.5 cm³/mol. The molecular formula is C16H30ClNO. The van der Waals surface area contributed by atoms with Crippen LogP contribution in [0.1, 0.15) is 66.2 Å². The van der Waals surface area contributed by atoms with Crippen LogP contribution in [0.4, 0.5) is 0 Å². The highest BCUT2D eigenvalue weighted by Crippen LogP contribution is 2.59. The molecule has 0 aliphatic heterocycles.